The molecule has 7 nitrogen and oxygen atoms in total. The highest BCUT2D eigenvalue weighted by Gasteiger charge is 2.37. The Morgan fingerprint density at radius 1 is 1.17 bits per heavy atom. The van der Waals surface area contributed by atoms with E-state index < -0.39 is 11.8 Å². The molecule has 1 aliphatic rings. The fourth-order valence-corrected chi connectivity index (χ4v) is 5.18. The summed E-state index contributed by atoms with van der Waals surface area (Å²) in [7, 11) is 0. The van der Waals surface area contributed by atoms with Crippen molar-refractivity contribution in [2.24, 2.45) is 5.92 Å². The first-order valence-corrected chi connectivity index (χ1v) is 13.0. The first kappa shape index (κ1) is 26.2. The lowest BCUT2D eigenvalue weighted by atomic mass is 9.86. The number of likely N-dealkylation sites (tertiary alicyclic amines) is 1. The van der Waals surface area contributed by atoms with Crippen LogP contribution in [0.5, 0.6) is 0 Å². The monoisotopic (exact) mass is 511 g/mol. The number of ether oxygens (including phenoxy) is 1. The molecule has 36 heavy (non-hydrogen) atoms. The number of carboxylic acid groups (broad SMARTS) is 1. The van der Waals surface area contributed by atoms with Gasteiger partial charge in [0.1, 0.15) is 5.60 Å². The van der Waals surface area contributed by atoms with E-state index in [4.69, 9.17) is 26.0 Å². The van der Waals surface area contributed by atoms with Crippen molar-refractivity contribution in [1.82, 2.24) is 15.0 Å². The third kappa shape index (κ3) is 6.45. The summed E-state index contributed by atoms with van der Waals surface area (Å²) in [5, 5.41) is 14.0. The van der Waals surface area contributed by atoms with Crippen LogP contribution in [0.1, 0.15) is 57.6 Å². The zero-order chi connectivity index (χ0) is 25.7. The van der Waals surface area contributed by atoms with Gasteiger partial charge in [-0.15, -0.1) is 0 Å². The topological polar surface area (TPSA) is 88.7 Å². The van der Waals surface area contributed by atoms with Crippen LogP contribution in [0.3, 0.4) is 0 Å². The van der Waals surface area contributed by atoms with Gasteiger partial charge in [0.25, 0.3) is 5.89 Å². The predicted molar refractivity (Wildman–Crippen MR) is 140 cm³/mol. The second kappa shape index (κ2) is 11.4. The van der Waals surface area contributed by atoms with Crippen LogP contribution in [0.25, 0.3) is 22.8 Å². The van der Waals surface area contributed by atoms with E-state index in [1.54, 1.807) is 0 Å². The first-order chi connectivity index (χ1) is 17.3. The Hall–Kier alpha value is -2.90. The molecule has 0 aliphatic carbocycles. The summed E-state index contributed by atoms with van der Waals surface area (Å²) in [5.41, 5.74) is 3.43. The van der Waals surface area contributed by atoms with Crippen molar-refractivity contribution in [1.29, 1.82) is 0 Å². The highest BCUT2D eigenvalue weighted by molar-refractivity contribution is 6.31. The SMILES string of the molecule is CCCC1(OC(=O)O)CCN(Cc2ccc(-c3noc(-c4ccc(CC(C)C)c(Cl)c4)n3)cc2)CC1. The van der Waals surface area contributed by atoms with Gasteiger partial charge in [-0.2, -0.15) is 4.98 Å². The van der Waals surface area contributed by atoms with Crippen LogP contribution in [0.15, 0.2) is 47.0 Å². The van der Waals surface area contributed by atoms with Gasteiger partial charge in [0, 0.05) is 48.6 Å². The van der Waals surface area contributed by atoms with Gasteiger partial charge in [0.2, 0.25) is 5.82 Å². The molecule has 8 heteroatoms. The average molecular weight is 512 g/mol. The standard InChI is InChI=1S/C28H34ClN3O4/c1-4-11-28(35-27(33)34)12-14-32(15-13-28)18-20-5-7-21(8-6-20)25-30-26(36-31-25)23-10-9-22(16-19(2)3)24(29)17-23/h5-10,17,19H,4,11-16,18H2,1-3H3,(H,33,34). The molecule has 0 bridgehead atoms. The average Bonchev–Trinajstić information content (AvgIpc) is 3.32. The maximum atomic E-state index is 11.2. The van der Waals surface area contributed by atoms with Crippen LogP contribution in [0, 0.1) is 5.92 Å². The Labute approximate surface area is 217 Å². The summed E-state index contributed by atoms with van der Waals surface area (Å²) in [6.45, 7) is 8.81. The molecule has 1 N–H and O–H groups in total. The van der Waals surface area contributed by atoms with E-state index in [0.717, 1.165) is 68.4 Å². The van der Waals surface area contributed by atoms with Gasteiger partial charge in [-0.05, 0) is 42.0 Å². The number of piperidine rings is 1. The Morgan fingerprint density at radius 2 is 1.86 bits per heavy atom. The number of hydrogen-bond donors (Lipinski definition) is 1. The lowest BCUT2D eigenvalue weighted by Gasteiger charge is -2.40. The molecule has 0 spiro atoms. The highest BCUT2D eigenvalue weighted by Crippen LogP contribution is 2.32. The van der Waals surface area contributed by atoms with Gasteiger partial charge in [0.05, 0.1) is 0 Å². The number of rotatable bonds is 9. The minimum Gasteiger partial charge on any atom is -0.450 e. The molecule has 0 saturated carbocycles. The summed E-state index contributed by atoms with van der Waals surface area (Å²) >= 11 is 6.47. The molecular formula is C28H34ClN3O4. The predicted octanol–water partition coefficient (Wildman–Crippen LogP) is 7.08. The maximum Gasteiger partial charge on any atom is 0.506 e. The Bertz CT molecular complexity index is 1170. The number of nitrogens with zero attached hydrogens (tertiary/aromatic N) is 3. The van der Waals surface area contributed by atoms with Crippen molar-refractivity contribution >= 4 is 17.8 Å². The molecule has 2 heterocycles. The second-order valence-corrected chi connectivity index (χ2v) is 10.5. The van der Waals surface area contributed by atoms with Crippen LogP contribution in [0.4, 0.5) is 4.79 Å². The van der Waals surface area contributed by atoms with Gasteiger partial charge >= 0.3 is 6.16 Å². The summed E-state index contributed by atoms with van der Waals surface area (Å²) in [5.74, 6) is 1.51. The minimum atomic E-state index is -1.18. The van der Waals surface area contributed by atoms with Crippen molar-refractivity contribution in [3.63, 3.8) is 0 Å². The van der Waals surface area contributed by atoms with Crippen molar-refractivity contribution < 1.29 is 19.2 Å². The zero-order valence-electron chi connectivity index (χ0n) is 21.2. The Kier molecular flexibility index (Phi) is 8.32. The van der Waals surface area contributed by atoms with E-state index >= 15 is 0 Å². The molecule has 192 valence electrons. The van der Waals surface area contributed by atoms with Crippen molar-refractivity contribution in [3.05, 3.63) is 58.6 Å². The summed E-state index contributed by atoms with van der Waals surface area (Å²) in [6.07, 6.45) is 2.86. The van der Waals surface area contributed by atoms with E-state index in [9.17, 15) is 4.79 Å². The molecule has 4 rings (SSSR count). The fourth-order valence-electron chi connectivity index (χ4n) is 4.92. The molecule has 2 aromatic carbocycles. The quantitative estimate of drug-likeness (QED) is 0.307. The number of aromatic nitrogens is 2. The first-order valence-electron chi connectivity index (χ1n) is 12.6. The van der Waals surface area contributed by atoms with Crippen molar-refractivity contribution in [3.8, 4) is 22.8 Å². The van der Waals surface area contributed by atoms with E-state index in [2.05, 4.69) is 47.9 Å². The van der Waals surface area contributed by atoms with Gasteiger partial charge in [-0.3, -0.25) is 4.90 Å². The van der Waals surface area contributed by atoms with Crippen molar-refractivity contribution in [2.75, 3.05) is 13.1 Å². The Balaban J connectivity index is 1.37. The summed E-state index contributed by atoms with van der Waals surface area (Å²) < 4.78 is 10.8. The van der Waals surface area contributed by atoms with Gasteiger partial charge < -0.3 is 14.4 Å². The van der Waals surface area contributed by atoms with Gasteiger partial charge in [-0.1, -0.05) is 74.3 Å². The number of benzene rings is 2. The van der Waals surface area contributed by atoms with E-state index in [1.165, 1.54) is 5.56 Å². The largest absolute Gasteiger partial charge is 0.506 e. The number of hydrogen-bond acceptors (Lipinski definition) is 6. The van der Waals surface area contributed by atoms with E-state index in [1.807, 2.05) is 30.3 Å². The van der Waals surface area contributed by atoms with Crippen LogP contribution in [-0.2, 0) is 17.7 Å². The van der Waals surface area contributed by atoms with Crippen LogP contribution >= 0.6 is 11.6 Å². The van der Waals surface area contributed by atoms with Gasteiger partial charge in [-0.25, -0.2) is 4.79 Å². The normalized spacial score (nSPS) is 15.8. The molecule has 1 aliphatic heterocycles. The third-order valence-electron chi connectivity index (χ3n) is 6.75. The molecule has 0 amide bonds. The van der Waals surface area contributed by atoms with Gasteiger partial charge in [0.15, 0.2) is 0 Å². The molecule has 1 fully saturated rings. The molecule has 0 atom stereocenters. The van der Waals surface area contributed by atoms with E-state index in [-0.39, 0.29) is 0 Å². The smallest absolute Gasteiger partial charge is 0.450 e. The van der Waals surface area contributed by atoms with Crippen LogP contribution in [-0.4, -0.2) is 45.0 Å². The Morgan fingerprint density at radius 3 is 2.47 bits per heavy atom. The van der Waals surface area contributed by atoms with Crippen LogP contribution < -0.4 is 0 Å². The second-order valence-electron chi connectivity index (χ2n) is 10.1. The van der Waals surface area contributed by atoms with E-state index in [0.29, 0.717) is 22.7 Å². The molecule has 1 aromatic heterocycles. The fraction of sp³-hybridized carbons (Fsp3) is 0.464. The molecule has 0 unspecified atom stereocenters. The molecule has 3 aromatic rings. The van der Waals surface area contributed by atoms with Crippen LogP contribution in [0.2, 0.25) is 5.02 Å². The molecule has 0 radical (unpaired) electrons. The molecule has 1 saturated heterocycles. The molecular weight excluding hydrogens is 478 g/mol. The third-order valence-corrected chi connectivity index (χ3v) is 7.10. The number of halogens is 1. The zero-order valence-corrected chi connectivity index (χ0v) is 21.9. The highest BCUT2D eigenvalue weighted by atomic mass is 35.5. The lowest BCUT2D eigenvalue weighted by molar-refractivity contribution is -0.0625. The summed E-state index contributed by atoms with van der Waals surface area (Å²) in [6, 6.07) is 14.0. The number of carbonyl (C=O) groups is 1. The lowest BCUT2D eigenvalue weighted by Crippen LogP contribution is -2.46. The maximum absolute atomic E-state index is 11.2. The minimum absolute atomic E-state index is 0.444. The van der Waals surface area contributed by atoms with Crippen molar-refractivity contribution in [2.45, 2.75) is 65.0 Å². The summed E-state index contributed by atoms with van der Waals surface area (Å²) in [4.78, 5) is 18.1.